The molecule has 0 spiro atoms. The van der Waals surface area contributed by atoms with Crippen molar-refractivity contribution in [3.63, 3.8) is 0 Å². The molecule has 2 amide bonds. The lowest BCUT2D eigenvalue weighted by Gasteiger charge is -2.18. The molecule has 0 aliphatic rings. The van der Waals surface area contributed by atoms with E-state index in [0.29, 0.717) is 35.9 Å². The van der Waals surface area contributed by atoms with Crippen LogP contribution in [0.2, 0.25) is 0 Å². The molecule has 0 fully saturated rings. The highest BCUT2D eigenvalue weighted by Crippen LogP contribution is 2.16. The summed E-state index contributed by atoms with van der Waals surface area (Å²) in [4.78, 5) is 24.8. The first kappa shape index (κ1) is 22.7. The Morgan fingerprint density at radius 3 is 1.62 bits per heavy atom. The van der Waals surface area contributed by atoms with Crippen molar-refractivity contribution in [3.05, 3.63) is 70.8 Å². The minimum Gasteiger partial charge on any atom is -0.352 e. The van der Waals surface area contributed by atoms with Crippen molar-refractivity contribution in [2.75, 3.05) is 6.54 Å². The first-order chi connectivity index (χ1) is 13.8. The van der Waals surface area contributed by atoms with E-state index in [-0.39, 0.29) is 17.9 Å². The predicted molar refractivity (Wildman–Crippen MR) is 120 cm³/mol. The number of rotatable bonds is 9. The Morgan fingerprint density at radius 2 is 1.21 bits per heavy atom. The molecule has 2 N–H and O–H groups in total. The van der Waals surface area contributed by atoms with Crippen LogP contribution in [-0.4, -0.2) is 24.4 Å². The van der Waals surface area contributed by atoms with E-state index in [1.807, 2.05) is 55.5 Å². The van der Waals surface area contributed by atoms with Crippen LogP contribution in [0.4, 0.5) is 0 Å². The molecule has 1 atom stereocenters. The van der Waals surface area contributed by atoms with Gasteiger partial charge in [0.2, 0.25) is 0 Å². The largest absolute Gasteiger partial charge is 0.352 e. The van der Waals surface area contributed by atoms with Gasteiger partial charge < -0.3 is 10.6 Å². The Morgan fingerprint density at radius 1 is 0.759 bits per heavy atom. The van der Waals surface area contributed by atoms with Crippen LogP contribution in [0.25, 0.3) is 0 Å². The molecule has 0 aliphatic heterocycles. The highest BCUT2D eigenvalue weighted by Gasteiger charge is 2.13. The van der Waals surface area contributed by atoms with Crippen LogP contribution in [0.15, 0.2) is 48.5 Å². The summed E-state index contributed by atoms with van der Waals surface area (Å²) in [6, 6.07) is 15.5. The van der Waals surface area contributed by atoms with Crippen molar-refractivity contribution in [1.29, 1.82) is 0 Å². The highest BCUT2D eigenvalue weighted by molar-refractivity contribution is 5.95. The van der Waals surface area contributed by atoms with Crippen molar-refractivity contribution in [2.24, 2.45) is 0 Å². The third-order valence-electron chi connectivity index (χ3n) is 5.29. The summed E-state index contributed by atoms with van der Waals surface area (Å²) in [7, 11) is 0. The molecule has 4 nitrogen and oxygen atoms in total. The van der Waals surface area contributed by atoms with Crippen LogP contribution in [0.5, 0.6) is 0 Å². The minimum absolute atomic E-state index is 0.0240. The van der Waals surface area contributed by atoms with E-state index in [1.54, 1.807) is 0 Å². The average molecular weight is 395 g/mol. The number of carbonyl (C=O) groups is 2. The zero-order chi connectivity index (χ0) is 21.4. The number of benzene rings is 2. The molecule has 29 heavy (non-hydrogen) atoms. The van der Waals surface area contributed by atoms with E-state index in [4.69, 9.17) is 0 Å². The van der Waals surface area contributed by atoms with E-state index in [2.05, 4.69) is 38.3 Å². The highest BCUT2D eigenvalue weighted by atomic mass is 16.2. The maximum Gasteiger partial charge on any atom is 0.251 e. The molecule has 0 aliphatic carbocycles. The number of hydrogen-bond acceptors (Lipinski definition) is 2. The second kappa shape index (κ2) is 10.8. The molecule has 2 aromatic rings. The van der Waals surface area contributed by atoms with Crippen LogP contribution >= 0.6 is 0 Å². The number of carbonyl (C=O) groups excluding carboxylic acids is 2. The fourth-order valence-corrected chi connectivity index (χ4v) is 3.15. The Bertz CT molecular complexity index is 793. The fraction of sp³-hybridized carbons (Fsp3) is 0.440. The molecular weight excluding hydrogens is 360 g/mol. The van der Waals surface area contributed by atoms with Gasteiger partial charge in [0.25, 0.3) is 11.8 Å². The molecule has 0 saturated carbocycles. The molecular formula is C25H34N2O2. The maximum absolute atomic E-state index is 12.5. The van der Waals surface area contributed by atoms with Gasteiger partial charge in [-0.15, -0.1) is 0 Å². The number of amides is 2. The van der Waals surface area contributed by atoms with Crippen molar-refractivity contribution in [1.82, 2.24) is 10.6 Å². The minimum atomic E-state index is -0.0780. The van der Waals surface area contributed by atoms with Gasteiger partial charge in [-0.3, -0.25) is 9.59 Å². The van der Waals surface area contributed by atoms with Gasteiger partial charge in [0.1, 0.15) is 0 Å². The van der Waals surface area contributed by atoms with Crippen LogP contribution in [0, 0.1) is 0 Å². The summed E-state index contributed by atoms with van der Waals surface area (Å²) < 4.78 is 0. The van der Waals surface area contributed by atoms with Crippen LogP contribution in [0.1, 0.15) is 91.1 Å². The van der Waals surface area contributed by atoms with Crippen molar-refractivity contribution >= 4 is 11.8 Å². The monoisotopic (exact) mass is 394 g/mol. The number of nitrogens with one attached hydrogen (secondary N) is 2. The smallest absolute Gasteiger partial charge is 0.251 e. The fourth-order valence-electron chi connectivity index (χ4n) is 3.15. The van der Waals surface area contributed by atoms with Crippen molar-refractivity contribution in [3.8, 4) is 0 Å². The Balaban J connectivity index is 1.83. The molecule has 2 aromatic carbocycles. The van der Waals surface area contributed by atoms with Gasteiger partial charge in [-0.05, 0) is 60.1 Å². The van der Waals surface area contributed by atoms with Gasteiger partial charge in [0.15, 0.2) is 0 Å². The molecule has 2 rings (SSSR count). The molecule has 4 heteroatoms. The van der Waals surface area contributed by atoms with E-state index in [0.717, 1.165) is 6.42 Å². The summed E-state index contributed by atoms with van der Waals surface area (Å²) in [5, 5.41) is 6.03. The summed E-state index contributed by atoms with van der Waals surface area (Å²) in [5.74, 6) is 0.747. The van der Waals surface area contributed by atoms with Crippen LogP contribution in [0.3, 0.4) is 0 Å². The Kier molecular flexibility index (Phi) is 8.44. The second-order valence-corrected chi connectivity index (χ2v) is 8.18. The summed E-state index contributed by atoms with van der Waals surface area (Å²) in [5.41, 5.74) is 3.77. The number of hydrogen-bond donors (Lipinski definition) is 2. The van der Waals surface area contributed by atoms with E-state index in [9.17, 15) is 9.59 Å². The Hall–Kier alpha value is -2.62. The summed E-state index contributed by atoms with van der Waals surface area (Å²) in [6.07, 6.45) is 1.51. The normalized spacial score (nSPS) is 12.1. The topological polar surface area (TPSA) is 58.2 Å². The van der Waals surface area contributed by atoms with Gasteiger partial charge >= 0.3 is 0 Å². The predicted octanol–water partition coefficient (Wildman–Crippen LogP) is 5.26. The quantitative estimate of drug-likeness (QED) is 0.609. The molecule has 0 unspecified atom stereocenters. The summed E-state index contributed by atoms with van der Waals surface area (Å²) in [6.45, 7) is 11.1. The zero-order valence-corrected chi connectivity index (χ0v) is 18.3. The molecule has 0 radical (unpaired) electrons. The van der Waals surface area contributed by atoms with Gasteiger partial charge in [-0.25, -0.2) is 0 Å². The first-order valence-corrected chi connectivity index (χ1v) is 10.6. The standard InChI is InChI=1S/C25H34N2O2/c1-6-23(27-25(29)22-13-9-20(10-14-22)18(4)5)15-16-26-24(28)21-11-7-19(8-12-21)17(2)3/h7-14,17-18,23H,6,15-16H2,1-5H3,(H,26,28)(H,27,29)/t23-/m0/s1. The molecule has 0 heterocycles. The average Bonchev–Trinajstić information content (AvgIpc) is 2.72. The van der Waals surface area contributed by atoms with Crippen molar-refractivity contribution in [2.45, 2.75) is 65.3 Å². The van der Waals surface area contributed by atoms with E-state index < -0.39 is 0 Å². The van der Waals surface area contributed by atoms with Crippen molar-refractivity contribution < 1.29 is 9.59 Å². The van der Waals surface area contributed by atoms with Gasteiger partial charge in [-0.1, -0.05) is 58.9 Å². The lowest BCUT2D eigenvalue weighted by atomic mass is 10.0. The van der Waals surface area contributed by atoms with Gasteiger partial charge in [-0.2, -0.15) is 0 Å². The van der Waals surface area contributed by atoms with E-state index >= 15 is 0 Å². The third kappa shape index (κ3) is 6.74. The maximum atomic E-state index is 12.5. The lowest BCUT2D eigenvalue weighted by Crippen LogP contribution is -2.37. The molecule has 156 valence electrons. The van der Waals surface area contributed by atoms with Gasteiger partial charge in [0, 0.05) is 23.7 Å². The molecule has 0 aromatic heterocycles. The Labute approximate surface area is 175 Å². The lowest BCUT2D eigenvalue weighted by molar-refractivity contribution is 0.0932. The zero-order valence-electron chi connectivity index (χ0n) is 18.3. The molecule has 0 bridgehead atoms. The summed E-state index contributed by atoms with van der Waals surface area (Å²) >= 11 is 0. The third-order valence-corrected chi connectivity index (χ3v) is 5.29. The second-order valence-electron chi connectivity index (χ2n) is 8.18. The van der Waals surface area contributed by atoms with Crippen LogP contribution in [-0.2, 0) is 0 Å². The SMILES string of the molecule is CC[C@@H](CCNC(=O)c1ccc(C(C)C)cc1)NC(=O)c1ccc(C(C)C)cc1. The first-order valence-electron chi connectivity index (χ1n) is 10.6. The molecule has 0 saturated heterocycles. The van der Waals surface area contributed by atoms with Crippen LogP contribution < -0.4 is 10.6 Å². The van der Waals surface area contributed by atoms with E-state index in [1.165, 1.54) is 11.1 Å². The van der Waals surface area contributed by atoms with Gasteiger partial charge in [0.05, 0.1) is 0 Å².